The monoisotopic (exact) mass is 172 g/mol. The van der Waals surface area contributed by atoms with E-state index in [9.17, 15) is 0 Å². The van der Waals surface area contributed by atoms with Gasteiger partial charge >= 0.3 is 0 Å². The second kappa shape index (κ2) is 3.39. The first kappa shape index (κ1) is 7.98. The van der Waals surface area contributed by atoms with E-state index >= 15 is 0 Å². The Morgan fingerprint density at radius 2 is 2.38 bits per heavy atom. The SMILES string of the molecule is Cc1n[c]cn1Cc1ccccn1. The standard InChI is InChI=1S/C10H10N3/c1-9-11-6-7-13(9)8-10-4-2-3-5-12-10/h2-5,7H,8H2,1H3. The van der Waals surface area contributed by atoms with Gasteiger partial charge in [0.25, 0.3) is 0 Å². The molecule has 2 rings (SSSR count). The molecule has 0 aliphatic carbocycles. The highest BCUT2D eigenvalue weighted by Crippen LogP contribution is 2.00. The van der Waals surface area contributed by atoms with E-state index in [0.29, 0.717) is 0 Å². The third-order valence-corrected chi connectivity index (χ3v) is 1.91. The quantitative estimate of drug-likeness (QED) is 0.686. The first-order valence-electron chi connectivity index (χ1n) is 4.16. The molecule has 0 unspecified atom stereocenters. The maximum atomic E-state index is 4.23. The molecule has 2 aromatic heterocycles. The van der Waals surface area contributed by atoms with Crippen molar-refractivity contribution in [2.45, 2.75) is 13.5 Å². The Labute approximate surface area is 77.1 Å². The van der Waals surface area contributed by atoms with Crippen LogP contribution in [0.5, 0.6) is 0 Å². The van der Waals surface area contributed by atoms with Crippen LogP contribution in [0.4, 0.5) is 0 Å². The van der Waals surface area contributed by atoms with Crippen LogP contribution in [0.15, 0.2) is 30.6 Å². The van der Waals surface area contributed by atoms with Gasteiger partial charge in [-0.05, 0) is 19.1 Å². The van der Waals surface area contributed by atoms with Crippen LogP contribution in [0.3, 0.4) is 0 Å². The molecule has 0 aliphatic heterocycles. The van der Waals surface area contributed by atoms with Gasteiger partial charge in [0.1, 0.15) is 12.0 Å². The normalized spacial score (nSPS) is 10.2. The summed E-state index contributed by atoms with van der Waals surface area (Å²) in [5.74, 6) is 0.964. The van der Waals surface area contributed by atoms with Gasteiger partial charge in [0, 0.05) is 12.4 Å². The summed E-state index contributed by atoms with van der Waals surface area (Å²) in [5.41, 5.74) is 1.04. The summed E-state index contributed by atoms with van der Waals surface area (Å²) in [5, 5.41) is 0. The second-order valence-electron chi connectivity index (χ2n) is 2.87. The minimum Gasteiger partial charge on any atom is -0.328 e. The zero-order valence-corrected chi connectivity index (χ0v) is 7.44. The van der Waals surface area contributed by atoms with E-state index in [0.717, 1.165) is 18.1 Å². The van der Waals surface area contributed by atoms with E-state index in [1.807, 2.05) is 35.9 Å². The fourth-order valence-electron chi connectivity index (χ4n) is 1.18. The molecular weight excluding hydrogens is 162 g/mol. The van der Waals surface area contributed by atoms with Crippen LogP contribution in [0.25, 0.3) is 0 Å². The maximum absolute atomic E-state index is 4.23. The summed E-state index contributed by atoms with van der Waals surface area (Å²) in [6, 6.07) is 5.90. The lowest BCUT2D eigenvalue weighted by molar-refractivity contribution is 0.742. The minimum atomic E-state index is 0.767. The summed E-state index contributed by atoms with van der Waals surface area (Å²) >= 11 is 0. The number of imidazole rings is 1. The summed E-state index contributed by atoms with van der Waals surface area (Å²) < 4.78 is 2.02. The molecule has 65 valence electrons. The summed E-state index contributed by atoms with van der Waals surface area (Å²) in [6.45, 7) is 2.72. The molecular formula is C10H10N3. The molecule has 0 aromatic carbocycles. The molecule has 0 saturated carbocycles. The molecule has 3 heteroatoms. The lowest BCUT2D eigenvalue weighted by Crippen LogP contribution is -2.01. The number of rotatable bonds is 2. The van der Waals surface area contributed by atoms with Gasteiger partial charge in [-0.25, -0.2) is 4.98 Å². The van der Waals surface area contributed by atoms with Crippen LogP contribution in [-0.4, -0.2) is 14.5 Å². The van der Waals surface area contributed by atoms with Gasteiger partial charge < -0.3 is 4.57 Å². The fourth-order valence-corrected chi connectivity index (χ4v) is 1.18. The third-order valence-electron chi connectivity index (χ3n) is 1.91. The molecule has 2 heterocycles. The van der Waals surface area contributed by atoms with Gasteiger partial charge in [0.15, 0.2) is 0 Å². The van der Waals surface area contributed by atoms with Gasteiger partial charge in [-0.1, -0.05) is 6.07 Å². The molecule has 1 radical (unpaired) electrons. The number of hydrogen-bond donors (Lipinski definition) is 0. The zero-order chi connectivity index (χ0) is 9.10. The van der Waals surface area contributed by atoms with Crippen LogP contribution in [-0.2, 0) is 6.54 Å². The molecule has 0 saturated heterocycles. The number of hydrogen-bond acceptors (Lipinski definition) is 2. The summed E-state index contributed by atoms with van der Waals surface area (Å²) in [7, 11) is 0. The Balaban J connectivity index is 2.20. The molecule has 0 spiro atoms. The predicted molar refractivity (Wildman–Crippen MR) is 49.1 cm³/mol. The summed E-state index contributed by atoms with van der Waals surface area (Å²) in [4.78, 5) is 8.26. The van der Waals surface area contributed by atoms with E-state index in [1.165, 1.54) is 0 Å². The van der Waals surface area contributed by atoms with E-state index in [-0.39, 0.29) is 0 Å². The molecule has 3 nitrogen and oxygen atoms in total. The first-order chi connectivity index (χ1) is 6.36. The van der Waals surface area contributed by atoms with Crippen LogP contribution in [0, 0.1) is 13.1 Å². The average Bonchev–Trinajstić information content (AvgIpc) is 2.54. The molecule has 0 amide bonds. The smallest absolute Gasteiger partial charge is 0.109 e. The minimum absolute atomic E-state index is 0.767. The molecule has 0 N–H and O–H groups in total. The van der Waals surface area contributed by atoms with Gasteiger partial charge in [-0.3, -0.25) is 4.98 Å². The van der Waals surface area contributed by atoms with Crippen molar-refractivity contribution in [1.82, 2.24) is 14.5 Å². The Kier molecular flexibility index (Phi) is 2.08. The van der Waals surface area contributed by atoms with Crippen molar-refractivity contribution in [2.24, 2.45) is 0 Å². The third kappa shape index (κ3) is 1.75. The maximum Gasteiger partial charge on any atom is 0.109 e. The average molecular weight is 172 g/mol. The second-order valence-corrected chi connectivity index (χ2v) is 2.87. The number of nitrogens with zero attached hydrogens (tertiary/aromatic N) is 3. The van der Waals surface area contributed by atoms with Crippen molar-refractivity contribution in [3.05, 3.63) is 48.3 Å². The van der Waals surface area contributed by atoms with E-state index < -0.39 is 0 Å². The van der Waals surface area contributed by atoms with Gasteiger partial charge in [-0.15, -0.1) is 0 Å². The van der Waals surface area contributed by atoms with Crippen molar-refractivity contribution >= 4 is 0 Å². The van der Waals surface area contributed by atoms with Crippen molar-refractivity contribution in [1.29, 1.82) is 0 Å². The van der Waals surface area contributed by atoms with E-state index in [4.69, 9.17) is 0 Å². The topological polar surface area (TPSA) is 30.7 Å². The highest BCUT2D eigenvalue weighted by atomic mass is 15.1. The lowest BCUT2D eigenvalue weighted by atomic mass is 10.3. The van der Waals surface area contributed by atoms with Gasteiger partial charge in [-0.2, -0.15) is 0 Å². The van der Waals surface area contributed by atoms with Crippen molar-refractivity contribution in [3.63, 3.8) is 0 Å². The van der Waals surface area contributed by atoms with Crippen molar-refractivity contribution in [3.8, 4) is 0 Å². The Hall–Kier alpha value is -1.64. The largest absolute Gasteiger partial charge is 0.328 e. The van der Waals surface area contributed by atoms with Gasteiger partial charge in [0.05, 0.1) is 12.2 Å². The molecule has 0 atom stereocenters. The lowest BCUT2D eigenvalue weighted by Gasteiger charge is -2.02. The van der Waals surface area contributed by atoms with E-state index in [1.54, 1.807) is 6.20 Å². The van der Waals surface area contributed by atoms with E-state index in [2.05, 4.69) is 16.2 Å². The molecule has 0 bridgehead atoms. The van der Waals surface area contributed by atoms with Crippen molar-refractivity contribution < 1.29 is 0 Å². The number of aromatic nitrogens is 3. The fraction of sp³-hybridized carbons (Fsp3) is 0.200. The molecule has 13 heavy (non-hydrogen) atoms. The highest BCUT2D eigenvalue weighted by molar-refractivity contribution is 5.05. The molecule has 0 aliphatic rings. The summed E-state index contributed by atoms with van der Waals surface area (Å²) in [6.07, 6.45) is 6.44. The van der Waals surface area contributed by atoms with Gasteiger partial charge in [0.2, 0.25) is 0 Å². The number of aryl methyl sites for hydroxylation is 1. The number of pyridine rings is 1. The Bertz CT molecular complexity index is 378. The molecule has 2 aromatic rings. The highest BCUT2D eigenvalue weighted by Gasteiger charge is 1.98. The van der Waals surface area contributed by atoms with Crippen LogP contribution >= 0.6 is 0 Å². The Morgan fingerprint density at radius 3 is 3.00 bits per heavy atom. The first-order valence-corrected chi connectivity index (χ1v) is 4.16. The van der Waals surface area contributed by atoms with Crippen LogP contribution in [0.2, 0.25) is 0 Å². The predicted octanol–water partition coefficient (Wildman–Crippen LogP) is 1.44. The molecule has 0 fully saturated rings. The Morgan fingerprint density at radius 1 is 1.46 bits per heavy atom. The van der Waals surface area contributed by atoms with Crippen LogP contribution in [0.1, 0.15) is 11.5 Å². The van der Waals surface area contributed by atoms with Crippen molar-refractivity contribution in [2.75, 3.05) is 0 Å². The van der Waals surface area contributed by atoms with Crippen LogP contribution < -0.4 is 0 Å². The zero-order valence-electron chi connectivity index (χ0n) is 7.44.